The molecule has 0 saturated carbocycles. The quantitative estimate of drug-likeness (QED) is 0.710. The van der Waals surface area contributed by atoms with E-state index < -0.39 is 0 Å². The van der Waals surface area contributed by atoms with Crippen molar-refractivity contribution in [3.8, 4) is 0 Å². The van der Waals surface area contributed by atoms with Crippen molar-refractivity contribution in [1.29, 1.82) is 0 Å². The van der Waals surface area contributed by atoms with Gasteiger partial charge in [0, 0.05) is 6.04 Å². The van der Waals surface area contributed by atoms with Gasteiger partial charge in [0.15, 0.2) is 0 Å². The van der Waals surface area contributed by atoms with Crippen molar-refractivity contribution >= 4 is 0 Å². The molecule has 1 rings (SSSR count). The van der Waals surface area contributed by atoms with Crippen molar-refractivity contribution in [1.82, 2.24) is 0 Å². The predicted molar refractivity (Wildman–Crippen MR) is 62.3 cm³/mol. The van der Waals surface area contributed by atoms with Gasteiger partial charge < -0.3 is 5.73 Å². The Morgan fingerprint density at radius 1 is 1.29 bits per heavy atom. The first kappa shape index (κ1) is 11.0. The van der Waals surface area contributed by atoms with Crippen LogP contribution in [-0.2, 0) is 5.41 Å². The van der Waals surface area contributed by atoms with Crippen LogP contribution < -0.4 is 5.73 Å². The molecule has 0 saturated heterocycles. The lowest BCUT2D eigenvalue weighted by Gasteiger charge is -2.24. The Morgan fingerprint density at radius 2 is 1.86 bits per heavy atom. The largest absolute Gasteiger partial charge is 0.321 e. The highest BCUT2D eigenvalue weighted by Crippen LogP contribution is 2.28. The molecule has 2 N–H and O–H groups in total. The molecule has 0 aliphatic heterocycles. The van der Waals surface area contributed by atoms with E-state index >= 15 is 0 Å². The first-order chi connectivity index (χ1) is 6.46. The van der Waals surface area contributed by atoms with Gasteiger partial charge in [0.25, 0.3) is 0 Å². The third-order valence-electron chi connectivity index (χ3n) is 2.38. The Balaban J connectivity index is 3.22. The van der Waals surface area contributed by atoms with E-state index in [2.05, 4.69) is 45.5 Å². The lowest BCUT2D eigenvalue weighted by Crippen LogP contribution is -2.18. The van der Waals surface area contributed by atoms with Gasteiger partial charge in [-0.05, 0) is 16.5 Å². The normalized spacial score (nSPS) is 13.7. The SMILES string of the molecule is C=C[C@@H](N)c1ccccc1C(C)(C)C. The minimum absolute atomic E-state index is 0.0644. The Bertz CT molecular complexity index is 320. The summed E-state index contributed by atoms with van der Waals surface area (Å²) in [6.07, 6.45) is 1.78. The van der Waals surface area contributed by atoms with Gasteiger partial charge in [0.05, 0.1) is 0 Å². The Labute approximate surface area is 86.6 Å². The van der Waals surface area contributed by atoms with Crippen LogP contribution in [0, 0.1) is 0 Å². The van der Waals surface area contributed by atoms with Crippen molar-refractivity contribution in [2.45, 2.75) is 32.2 Å². The molecule has 0 unspecified atom stereocenters. The summed E-state index contributed by atoms with van der Waals surface area (Å²) < 4.78 is 0. The summed E-state index contributed by atoms with van der Waals surface area (Å²) in [7, 11) is 0. The molecule has 1 atom stereocenters. The molecular weight excluding hydrogens is 170 g/mol. The molecule has 0 radical (unpaired) electrons. The smallest absolute Gasteiger partial charge is 0.0481 e. The number of nitrogens with two attached hydrogens (primary N) is 1. The summed E-state index contributed by atoms with van der Waals surface area (Å²) in [6.45, 7) is 10.3. The van der Waals surface area contributed by atoms with Crippen molar-refractivity contribution in [3.05, 3.63) is 48.0 Å². The van der Waals surface area contributed by atoms with Crippen molar-refractivity contribution < 1.29 is 0 Å². The highest BCUT2D eigenvalue weighted by molar-refractivity contribution is 5.36. The molecule has 0 aliphatic rings. The van der Waals surface area contributed by atoms with E-state index in [9.17, 15) is 0 Å². The average molecular weight is 189 g/mol. The molecule has 0 fully saturated rings. The van der Waals surface area contributed by atoms with Gasteiger partial charge in [-0.3, -0.25) is 0 Å². The second-order valence-corrected chi connectivity index (χ2v) is 4.60. The van der Waals surface area contributed by atoms with E-state index in [1.54, 1.807) is 6.08 Å². The maximum Gasteiger partial charge on any atom is 0.0481 e. The van der Waals surface area contributed by atoms with Gasteiger partial charge in [-0.25, -0.2) is 0 Å². The molecule has 0 heterocycles. The first-order valence-corrected chi connectivity index (χ1v) is 4.94. The predicted octanol–water partition coefficient (Wildman–Crippen LogP) is 3.17. The summed E-state index contributed by atoms with van der Waals surface area (Å²) in [6, 6.07) is 8.23. The lowest BCUT2D eigenvalue weighted by atomic mass is 9.82. The molecule has 14 heavy (non-hydrogen) atoms. The van der Waals surface area contributed by atoms with Crippen LogP contribution in [0.25, 0.3) is 0 Å². The molecule has 76 valence electrons. The number of benzene rings is 1. The van der Waals surface area contributed by atoms with Gasteiger partial charge >= 0.3 is 0 Å². The number of hydrogen-bond donors (Lipinski definition) is 1. The first-order valence-electron chi connectivity index (χ1n) is 4.94. The molecule has 0 aromatic heterocycles. The van der Waals surface area contributed by atoms with E-state index in [0.29, 0.717) is 0 Å². The van der Waals surface area contributed by atoms with Crippen LogP contribution in [0.15, 0.2) is 36.9 Å². The van der Waals surface area contributed by atoms with E-state index in [-0.39, 0.29) is 11.5 Å². The molecule has 0 aliphatic carbocycles. The summed E-state index contributed by atoms with van der Waals surface area (Å²) in [5.41, 5.74) is 8.58. The minimum Gasteiger partial charge on any atom is -0.321 e. The summed E-state index contributed by atoms with van der Waals surface area (Å²) >= 11 is 0. The van der Waals surface area contributed by atoms with Crippen LogP contribution >= 0.6 is 0 Å². The Morgan fingerprint density at radius 3 is 2.36 bits per heavy atom. The zero-order valence-corrected chi connectivity index (χ0v) is 9.25. The second-order valence-electron chi connectivity index (χ2n) is 4.60. The fraction of sp³-hybridized carbons (Fsp3) is 0.385. The van der Waals surface area contributed by atoms with E-state index in [1.807, 2.05) is 6.07 Å². The monoisotopic (exact) mass is 189 g/mol. The zero-order valence-electron chi connectivity index (χ0n) is 9.25. The highest BCUT2D eigenvalue weighted by Gasteiger charge is 2.18. The van der Waals surface area contributed by atoms with E-state index in [1.165, 1.54) is 11.1 Å². The van der Waals surface area contributed by atoms with Crippen LogP contribution in [0.5, 0.6) is 0 Å². The van der Waals surface area contributed by atoms with Gasteiger partial charge in [-0.15, -0.1) is 6.58 Å². The lowest BCUT2D eigenvalue weighted by molar-refractivity contribution is 0.579. The summed E-state index contributed by atoms with van der Waals surface area (Å²) in [4.78, 5) is 0. The van der Waals surface area contributed by atoms with E-state index in [0.717, 1.165) is 0 Å². The average Bonchev–Trinajstić information content (AvgIpc) is 2.15. The molecule has 0 spiro atoms. The highest BCUT2D eigenvalue weighted by atomic mass is 14.6. The number of hydrogen-bond acceptors (Lipinski definition) is 1. The van der Waals surface area contributed by atoms with Crippen molar-refractivity contribution in [2.24, 2.45) is 5.73 Å². The maximum atomic E-state index is 5.97. The fourth-order valence-corrected chi connectivity index (χ4v) is 1.60. The maximum absolute atomic E-state index is 5.97. The summed E-state index contributed by atoms with van der Waals surface area (Å²) in [5, 5.41) is 0. The molecule has 1 heteroatoms. The topological polar surface area (TPSA) is 26.0 Å². The van der Waals surface area contributed by atoms with Crippen LogP contribution in [0.2, 0.25) is 0 Å². The summed E-state index contributed by atoms with van der Waals surface area (Å²) in [5.74, 6) is 0. The van der Waals surface area contributed by atoms with Gasteiger partial charge in [0.1, 0.15) is 0 Å². The molecule has 1 nitrogen and oxygen atoms in total. The number of rotatable bonds is 2. The third-order valence-corrected chi connectivity index (χ3v) is 2.38. The fourth-order valence-electron chi connectivity index (χ4n) is 1.60. The van der Waals surface area contributed by atoms with Gasteiger partial charge in [-0.1, -0.05) is 51.1 Å². The van der Waals surface area contributed by atoms with Gasteiger partial charge in [-0.2, -0.15) is 0 Å². The van der Waals surface area contributed by atoms with Crippen LogP contribution in [0.4, 0.5) is 0 Å². The third kappa shape index (κ3) is 2.24. The van der Waals surface area contributed by atoms with Crippen molar-refractivity contribution in [2.75, 3.05) is 0 Å². The zero-order chi connectivity index (χ0) is 10.8. The van der Waals surface area contributed by atoms with Crippen LogP contribution in [0.1, 0.15) is 37.9 Å². The Kier molecular flexibility index (Phi) is 3.12. The Hall–Kier alpha value is -1.08. The molecule has 1 aromatic carbocycles. The van der Waals surface area contributed by atoms with E-state index in [4.69, 9.17) is 5.73 Å². The van der Waals surface area contributed by atoms with Crippen LogP contribution in [-0.4, -0.2) is 0 Å². The molecule has 0 bridgehead atoms. The molecular formula is C13H19N. The second kappa shape index (κ2) is 3.97. The van der Waals surface area contributed by atoms with Crippen molar-refractivity contribution in [3.63, 3.8) is 0 Å². The molecule has 1 aromatic rings. The van der Waals surface area contributed by atoms with Crippen LogP contribution in [0.3, 0.4) is 0 Å². The molecule has 0 amide bonds. The minimum atomic E-state index is -0.0644. The van der Waals surface area contributed by atoms with Gasteiger partial charge in [0.2, 0.25) is 0 Å². The standard InChI is InChI=1S/C13H19N/c1-5-12(14)10-8-6-7-9-11(10)13(2,3)4/h5-9,12H,1,14H2,2-4H3/t12-/m1/s1.